The molecule has 2 aromatic rings. The number of carboxylic acid groups (broad SMARTS) is 2. The van der Waals surface area contributed by atoms with Crippen molar-refractivity contribution in [2.45, 2.75) is 24.9 Å². The van der Waals surface area contributed by atoms with Gasteiger partial charge in [0.25, 0.3) is 0 Å². The Bertz CT molecular complexity index is 1030. The van der Waals surface area contributed by atoms with Gasteiger partial charge in [-0.1, -0.05) is 42.1 Å². The van der Waals surface area contributed by atoms with Gasteiger partial charge in [0.15, 0.2) is 0 Å². The van der Waals surface area contributed by atoms with Gasteiger partial charge < -0.3 is 26.6 Å². The van der Waals surface area contributed by atoms with Crippen LogP contribution in [0.1, 0.15) is 23.2 Å². The van der Waals surface area contributed by atoms with Gasteiger partial charge in [-0.3, -0.25) is 24.0 Å². The Balaban J connectivity index is 2.02. The molecule has 0 aliphatic heterocycles. The first-order valence-electron chi connectivity index (χ1n) is 9.60. The quantitative estimate of drug-likeness (QED) is 0.320. The van der Waals surface area contributed by atoms with E-state index in [-0.39, 0.29) is 23.7 Å². The second-order valence-electron chi connectivity index (χ2n) is 6.88. The second-order valence-corrected chi connectivity index (χ2v) is 7.87. The van der Waals surface area contributed by atoms with Gasteiger partial charge >= 0.3 is 11.9 Å². The summed E-state index contributed by atoms with van der Waals surface area (Å²) in [5.74, 6) is -4.09. The van der Waals surface area contributed by atoms with Crippen molar-refractivity contribution in [2.75, 3.05) is 12.3 Å². The maximum atomic E-state index is 12.6. The molecule has 2 atom stereocenters. The van der Waals surface area contributed by atoms with Crippen LogP contribution in [0.15, 0.2) is 42.5 Å². The average Bonchev–Trinajstić information content (AvgIpc) is 2.77. The van der Waals surface area contributed by atoms with E-state index in [0.29, 0.717) is 5.56 Å². The Morgan fingerprint density at radius 3 is 2.34 bits per heavy atom. The number of aliphatic carboxylic acids is 2. The molecule has 0 saturated carbocycles. The van der Waals surface area contributed by atoms with Crippen LogP contribution >= 0.6 is 11.8 Å². The molecule has 170 valence electrons. The molecule has 0 bridgehead atoms. The van der Waals surface area contributed by atoms with Crippen LogP contribution < -0.4 is 16.4 Å². The Morgan fingerprint density at radius 2 is 1.69 bits per heavy atom. The maximum absolute atomic E-state index is 12.6. The standard InChI is InChI=1S/C21H23N3O7S/c22-15(20(29)30)7-8-17(25)24-16(19(28)23-10-18(26)27)11-32-21(31)14-6-5-12-3-1-2-4-13(12)9-14/h1-6,9,15-16H,7-8,10-11,22H2,(H,23,28)(H,24,25)(H,26,27)(H,29,30)/t15-,16-/m0/s1. The molecule has 0 radical (unpaired) electrons. The van der Waals surface area contributed by atoms with Crippen molar-refractivity contribution < 1.29 is 34.2 Å². The molecule has 0 spiro atoms. The molecule has 0 fully saturated rings. The fourth-order valence-corrected chi connectivity index (χ4v) is 3.55. The SMILES string of the molecule is N[C@@H](CCC(=O)N[C@@H](CSC(=O)c1ccc2ccccc2c1)C(=O)NCC(=O)O)C(=O)O. The lowest BCUT2D eigenvalue weighted by atomic mass is 10.1. The first-order valence-corrected chi connectivity index (χ1v) is 10.6. The number of carboxylic acids is 2. The van der Waals surface area contributed by atoms with E-state index in [1.54, 1.807) is 18.2 Å². The lowest BCUT2D eigenvalue weighted by molar-refractivity contribution is -0.139. The zero-order chi connectivity index (χ0) is 23.7. The fraction of sp³-hybridized carbons (Fsp3) is 0.286. The van der Waals surface area contributed by atoms with E-state index in [1.807, 2.05) is 24.3 Å². The number of fused-ring (bicyclic) bond motifs is 1. The summed E-state index contributed by atoms with van der Waals surface area (Å²) in [6.45, 7) is -0.654. The average molecular weight is 461 g/mol. The van der Waals surface area contributed by atoms with Crippen LogP contribution in [0.2, 0.25) is 0 Å². The molecular weight excluding hydrogens is 438 g/mol. The number of hydrogen-bond acceptors (Lipinski definition) is 7. The van der Waals surface area contributed by atoms with E-state index in [0.717, 1.165) is 22.5 Å². The molecule has 2 amide bonds. The van der Waals surface area contributed by atoms with Crippen LogP contribution in [0.4, 0.5) is 0 Å². The highest BCUT2D eigenvalue weighted by Gasteiger charge is 2.24. The third-order valence-electron chi connectivity index (χ3n) is 4.43. The summed E-state index contributed by atoms with van der Waals surface area (Å²) in [5.41, 5.74) is 5.78. The van der Waals surface area contributed by atoms with Gasteiger partial charge in [0.05, 0.1) is 0 Å². The van der Waals surface area contributed by atoms with Gasteiger partial charge in [-0.05, 0) is 29.3 Å². The van der Waals surface area contributed by atoms with Crippen molar-refractivity contribution in [3.05, 3.63) is 48.0 Å². The van der Waals surface area contributed by atoms with E-state index in [2.05, 4.69) is 10.6 Å². The Morgan fingerprint density at radius 1 is 1.00 bits per heavy atom. The largest absolute Gasteiger partial charge is 0.480 e. The summed E-state index contributed by atoms with van der Waals surface area (Å²) < 4.78 is 0. The third kappa shape index (κ3) is 7.67. The van der Waals surface area contributed by atoms with Gasteiger partial charge in [0.2, 0.25) is 16.9 Å². The molecule has 32 heavy (non-hydrogen) atoms. The van der Waals surface area contributed by atoms with Crippen molar-refractivity contribution in [1.82, 2.24) is 10.6 Å². The Kier molecular flexibility index (Phi) is 9.17. The minimum Gasteiger partial charge on any atom is -0.480 e. The van der Waals surface area contributed by atoms with Crippen LogP contribution in [0, 0.1) is 0 Å². The minimum absolute atomic E-state index is 0.145. The molecule has 0 heterocycles. The van der Waals surface area contributed by atoms with E-state index in [9.17, 15) is 24.0 Å². The van der Waals surface area contributed by atoms with Crippen LogP contribution in [-0.4, -0.2) is 63.5 Å². The normalized spacial score (nSPS) is 12.5. The molecule has 11 heteroatoms. The first-order chi connectivity index (χ1) is 15.2. The second kappa shape index (κ2) is 11.8. The Labute approximate surface area is 187 Å². The van der Waals surface area contributed by atoms with Crippen molar-refractivity contribution >= 4 is 51.4 Å². The number of carbonyl (C=O) groups is 5. The lowest BCUT2D eigenvalue weighted by Crippen LogP contribution is -2.49. The number of hydrogen-bond donors (Lipinski definition) is 5. The fourth-order valence-electron chi connectivity index (χ4n) is 2.70. The summed E-state index contributed by atoms with van der Waals surface area (Å²) in [4.78, 5) is 58.5. The number of rotatable bonds is 11. The van der Waals surface area contributed by atoms with Gasteiger partial charge in [0.1, 0.15) is 18.6 Å². The van der Waals surface area contributed by atoms with Gasteiger partial charge in [-0.25, -0.2) is 0 Å². The smallest absolute Gasteiger partial charge is 0.322 e. The minimum atomic E-state index is -1.27. The molecule has 2 rings (SSSR count). The zero-order valence-electron chi connectivity index (χ0n) is 16.9. The van der Waals surface area contributed by atoms with Gasteiger partial charge in [-0.15, -0.1) is 0 Å². The van der Waals surface area contributed by atoms with Crippen molar-refractivity contribution in [2.24, 2.45) is 5.73 Å². The molecule has 0 aromatic heterocycles. The van der Waals surface area contributed by atoms with Crippen LogP contribution in [-0.2, 0) is 19.2 Å². The van der Waals surface area contributed by atoms with Crippen LogP contribution in [0.3, 0.4) is 0 Å². The van der Waals surface area contributed by atoms with Crippen molar-refractivity contribution in [3.63, 3.8) is 0 Å². The van der Waals surface area contributed by atoms with Gasteiger partial charge in [-0.2, -0.15) is 0 Å². The third-order valence-corrected chi connectivity index (χ3v) is 5.43. The molecule has 0 unspecified atom stereocenters. The topological polar surface area (TPSA) is 176 Å². The molecular formula is C21H23N3O7S. The maximum Gasteiger partial charge on any atom is 0.322 e. The van der Waals surface area contributed by atoms with Gasteiger partial charge in [0, 0.05) is 17.7 Å². The molecule has 6 N–H and O–H groups in total. The van der Waals surface area contributed by atoms with Crippen LogP contribution in [0.5, 0.6) is 0 Å². The first kappa shape index (κ1) is 24.8. The summed E-state index contributed by atoms with van der Waals surface area (Å²) in [6.07, 6.45) is -0.396. The summed E-state index contributed by atoms with van der Waals surface area (Å²) in [7, 11) is 0. The predicted molar refractivity (Wildman–Crippen MR) is 118 cm³/mol. The van der Waals surface area contributed by atoms with E-state index in [1.165, 1.54) is 0 Å². The molecule has 10 nitrogen and oxygen atoms in total. The summed E-state index contributed by atoms with van der Waals surface area (Å²) in [5, 5.41) is 23.6. The highest BCUT2D eigenvalue weighted by atomic mass is 32.2. The highest BCUT2D eigenvalue weighted by Crippen LogP contribution is 2.20. The van der Waals surface area contributed by atoms with Crippen molar-refractivity contribution in [3.8, 4) is 0 Å². The number of nitrogens with one attached hydrogen (secondary N) is 2. The zero-order valence-corrected chi connectivity index (χ0v) is 17.8. The van der Waals surface area contributed by atoms with E-state index < -0.39 is 42.4 Å². The number of nitrogens with two attached hydrogens (primary N) is 1. The highest BCUT2D eigenvalue weighted by molar-refractivity contribution is 8.14. The lowest BCUT2D eigenvalue weighted by Gasteiger charge is -2.18. The molecule has 2 aromatic carbocycles. The molecule has 0 aliphatic rings. The number of thioether (sulfide) groups is 1. The van der Waals surface area contributed by atoms with E-state index in [4.69, 9.17) is 15.9 Å². The summed E-state index contributed by atoms with van der Waals surface area (Å²) in [6, 6.07) is 10.2. The number of carbonyl (C=O) groups excluding carboxylic acids is 3. The van der Waals surface area contributed by atoms with E-state index >= 15 is 0 Å². The summed E-state index contributed by atoms with van der Waals surface area (Å²) >= 11 is 0.799. The number of amides is 2. The molecule has 0 saturated heterocycles. The number of benzene rings is 2. The Hall–Kier alpha value is -3.44. The molecule has 0 aliphatic carbocycles. The predicted octanol–water partition coefficient (Wildman–Crippen LogP) is 0.591. The van der Waals surface area contributed by atoms with Crippen molar-refractivity contribution in [1.29, 1.82) is 0 Å². The van der Waals surface area contributed by atoms with Crippen LogP contribution in [0.25, 0.3) is 10.8 Å². The monoisotopic (exact) mass is 461 g/mol.